The van der Waals surface area contributed by atoms with Crippen LogP contribution in [0, 0.1) is 17.8 Å². The third kappa shape index (κ3) is 1.34. The van der Waals surface area contributed by atoms with Crippen LogP contribution in [0.3, 0.4) is 0 Å². The van der Waals surface area contributed by atoms with Crippen molar-refractivity contribution in [3.05, 3.63) is 17.8 Å². The molecular weight excluding hydrogens is 252 g/mol. The smallest absolute Gasteiger partial charge is 0.165 e. The van der Waals surface area contributed by atoms with Gasteiger partial charge in [-0.15, -0.1) is 0 Å². The second kappa shape index (κ2) is 3.65. The fraction of sp³-hybridized carbons (Fsp3) is 0.583. The Morgan fingerprint density at radius 3 is 2.94 bits per heavy atom. The number of hydrogen-bond acceptors (Lipinski definition) is 4. The normalized spacial score (nSPS) is 33.9. The average Bonchev–Trinajstić information content (AvgIpc) is 2.91. The summed E-state index contributed by atoms with van der Waals surface area (Å²) >= 11 is 6.01. The van der Waals surface area contributed by atoms with Crippen molar-refractivity contribution in [3.8, 4) is 0 Å². The summed E-state index contributed by atoms with van der Waals surface area (Å²) in [5, 5.41) is 9.77. The highest BCUT2D eigenvalue weighted by atomic mass is 35.5. The van der Waals surface area contributed by atoms with Crippen molar-refractivity contribution in [1.29, 1.82) is 0 Å². The number of halogens is 1. The van der Waals surface area contributed by atoms with E-state index in [2.05, 4.69) is 19.5 Å². The van der Waals surface area contributed by atoms with Crippen LogP contribution in [0.15, 0.2) is 12.7 Å². The lowest BCUT2D eigenvalue weighted by Crippen LogP contribution is -2.11. The lowest BCUT2D eigenvalue weighted by atomic mass is 10.0. The van der Waals surface area contributed by atoms with Crippen molar-refractivity contribution < 1.29 is 5.11 Å². The topological polar surface area (TPSA) is 63.8 Å². The highest BCUT2D eigenvalue weighted by Crippen LogP contribution is 2.60. The Morgan fingerprint density at radius 1 is 1.28 bits per heavy atom. The van der Waals surface area contributed by atoms with Crippen LogP contribution in [0.25, 0.3) is 11.2 Å². The molecule has 2 saturated carbocycles. The van der Waals surface area contributed by atoms with Gasteiger partial charge in [0.05, 0.1) is 6.33 Å². The Balaban J connectivity index is 1.78. The molecule has 6 heteroatoms. The van der Waals surface area contributed by atoms with Crippen LogP contribution in [0.2, 0.25) is 5.15 Å². The van der Waals surface area contributed by atoms with Crippen molar-refractivity contribution in [2.45, 2.75) is 18.9 Å². The number of rotatable bonds is 2. The van der Waals surface area contributed by atoms with Crippen LogP contribution in [-0.4, -0.2) is 31.2 Å². The van der Waals surface area contributed by atoms with Gasteiger partial charge >= 0.3 is 0 Å². The molecule has 2 fully saturated rings. The Kier molecular flexibility index (Phi) is 2.17. The van der Waals surface area contributed by atoms with E-state index < -0.39 is 0 Å². The average molecular weight is 265 g/mol. The summed E-state index contributed by atoms with van der Waals surface area (Å²) in [6, 6.07) is 0.406. The fourth-order valence-electron chi connectivity index (χ4n) is 3.48. The van der Waals surface area contributed by atoms with Crippen molar-refractivity contribution in [1.82, 2.24) is 19.5 Å². The molecule has 2 heterocycles. The van der Waals surface area contributed by atoms with Gasteiger partial charge in [-0.25, -0.2) is 15.0 Å². The molecule has 0 unspecified atom stereocenters. The maximum atomic E-state index is 9.36. The maximum Gasteiger partial charge on any atom is 0.165 e. The third-order valence-electron chi connectivity index (χ3n) is 4.44. The van der Waals surface area contributed by atoms with E-state index in [0.29, 0.717) is 41.1 Å². The van der Waals surface area contributed by atoms with Crippen molar-refractivity contribution in [2.75, 3.05) is 6.61 Å². The van der Waals surface area contributed by atoms with Crippen molar-refractivity contribution >= 4 is 22.8 Å². The molecule has 0 aliphatic heterocycles. The molecule has 0 spiro atoms. The van der Waals surface area contributed by atoms with Crippen molar-refractivity contribution in [3.63, 3.8) is 0 Å². The molecule has 2 aromatic rings. The van der Waals surface area contributed by atoms with E-state index in [4.69, 9.17) is 11.6 Å². The number of aliphatic hydroxyl groups excluding tert-OH is 1. The third-order valence-corrected chi connectivity index (χ3v) is 4.72. The minimum absolute atomic E-state index is 0.292. The Bertz CT molecular complexity index is 613. The predicted molar refractivity (Wildman–Crippen MR) is 66.2 cm³/mol. The van der Waals surface area contributed by atoms with Gasteiger partial charge in [-0.1, -0.05) is 11.6 Å². The molecule has 0 amide bonds. The summed E-state index contributed by atoms with van der Waals surface area (Å²) in [6.07, 6.45) is 5.52. The first-order chi connectivity index (χ1) is 8.79. The van der Waals surface area contributed by atoms with Gasteiger partial charge in [0, 0.05) is 12.6 Å². The van der Waals surface area contributed by atoms with E-state index in [1.807, 2.05) is 6.33 Å². The molecular formula is C12H13ClN4O. The summed E-state index contributed by atoms with van der Waals surface area (Å²) in [5.41, 5.74) is 1.48. The molecule has 5 nitrogen and oxygen atoms in total. The number of nitrogens with zero attached hydrogens (tertiary/aromatic N) is 4. The molecule has 2 aliphatic carbocycles. The molecule has 4 atom stereocenters. The SMILES string of the molecule is OC[C@@H]1C[C@H](n2cnc3c(Cl)ncnc32)[C@H]2C[C@@H]12. The summed E-state index contributed by atoms with van der Waals surface area (Å²) < 4.78 is 2.11. The van der Waals surface area contributed by atoms with Crippen LogP contribution in [0.5, 0.6) is 0 Å². The Morgan fingerprint density at radius 2 is 2.17 bits per heavy atom. The van der Waals surface area contributed by atoms with E-state index >= 15 is 0 Å². The highest BCUT2D eigenvalue weighted by Gasteiger charge is 2.54. The Hall–Kier alpha value is -1.20. The highest BCUT2D eigenvalue weighted by molar-refractivity contribution is 6.33. The molecule has 0 aromatic carbocycles. The largest absolute Gasteiger partial charge is 0.396 e. The number of aromatic nitrogens is 4. The van der Waals surface area contributed by atoms with Crippen LogP contribution >= 0.6 is 11.6 Å². The molecule has 2 aromatic heterocycles. The predicted octanol–water partition coefficient (Wildman–Crippen LogP) is 1.67. The number of hydrogen-bond donors (Lipinski definition) is 1. The summed E-state index contributed by atoms with van der Waals surface area (Å²) in [7, 11) is 0. The molecule has 18 heavy (non-hydrogen) atoms. The van der Waals surface area contributed by atoms with Gasteiger partial charge in [0.2, 0.25) is 0 Å². The Labute approximate surface area is 109 Å². The quantitative estimate of drug-likeness (QED) is 0.838. The zero-order valence-electron chi connectivity index (χ0n) is 9.70. The minimum Gasteiger partial charge on any atom is -0.396 e. The molecule has 94 valence electrons. The standard InChI is InChI=1S/C12H13ClN4O/c13-11-10-12(15-4-14-11)17(5-16-10)9-1-6(3-18)7-2-8(7)9/h4-9,18H,1-3H2/t6-,7-,8-,9-/m0/s1. The summed E-state index contributed by atoms with van der Waals surface area (Å²) in [5.74, 6) is 1.80. The van der Waals surface area contributed by atoms with Gasteiger partial charge in [0.1, 0.15) is 11.8 Å². The van der Waals surface area contributed by atoms with Crippen LogP contribution < -0.4 is 0 Å². The second-order valence-electron chi connectivity index (χ2n) is 5.30. The number of imidazole rings is 1. The van der Waals surface area contributed by atoms with E-state index in [-0.39, 0.29) is 0 Å². The first-order valence-corrected chi connectivity index (χ1v) is 6.61. The minimum atomic E-state index is 0.292. The van der Waals surface area contributed by atoms with E-state index in [1.165, 1.54) is 12.7 Å². The van der Waals surface area contributed by atoms with Gasteiger partial charge < -0.3 is 9.67 Å². The molecule has 4 rings (SSSR count). The molecule has 0 bridgehead atoms. The summed E-state index contributed by atoms with van der Waals surface area (Å²) in [6.45, 7) is 0.292. The van der Waals surface area contributed by atoms with E-state index in [9.17, 15) is 5.11 Å². The maximum absolute atomic E-state index is 9.36. The summed E-state index contributed by atoms with van der Waals surface area (Å²) in [4.78, 5) is 12.5. The molecule has 0 saturated heterocycles. The number of aliphatic hydroxyl groups is 1. The van der Waals surface area contributed by atoms with Gasteiger partial charge in [-0.05, 0) is 30.6 Å². The van der Waals surface area contributed by atoms with E-state index in [0.717, 1.165) is 12.1 Å². The molecule has 0 radical (unpaired) electrons. The van der Waals surface area contributed by atoms with Crippen molar-refractivity contribution in [2.24, 2.45) is 17.8 Å². The molecule has 1 N–H and O–H groups in total. The molecule has 2 aliphatic rings. The van der Waals surface area contributed by atoms with Gasteiger partial charge in [-0.2, -0.15) is 0 Å². The fourth-order valence-corrected chi connectivity index (χ4v) is 3.65. The van der Waals surface area contributed by atoms with Gasteiger partial charge in [-0.3, -0.25) is 0 Å². The van der Waals surface area contributed by atoms with Crippen LogP contribution in [0.1, 0.15) is 18.9 Å². The first-order valence-electron chi connectivity index (χ1n) is 6.23. The second-order valence-corrected chi connectivity index (χ2v) is 5.66. The monoisotopic (exact) mass is 264 g/mol. The number of fused-ring (bicyclic) bond motifs is 2. The van der Waals surface area contributed by atoms with Crippen LogP contribution in [-0.2, 0) is 0 Å². The lowest BCUT2D eigenvalue weighted by molar-refractivity contribution is 0.208. The zero-order chi connectivity index (χ0) is 12.3. The lowest BCUT2D eigenvalue weighted by Gasteiger charge is -2.16. The van der Waals surface area contributed by atoms with Crippen LogP contribution in [0.4, 0.5) is 0 Å². The first kappa shape index (κ1) is 10.7. The van der Waals surface area contributed by atoms with Gasteiger partial charge in [0.15, 0.2) is 10.8 Å². The van der Waals surface area contributed by atoms with Gasteiger partial charge in [0.25, 0.3) is 0 Å². The zero-order valence-corrected chi connectivity index (χ0v) is 10.5. The van der Waals surface area contributed by atoms with E-state index in [1.54, 1.807) is 0 Å².